The predicted molar refractivity (Wildman–Crippen MR) is 114 cm³/mol. The van der Waals surface area contributed by atoms with Gasteiger partial charge in [0.2, 0.25) is 23.6 Å². The molecule has 0 aromatic rings. The number of carboxylic acid groups (broad SMARTS) is 1. The van der Waals surface area contributed by atoms with Crippen molar-refractivity contribution in [3.05, 3.63) is 0 Å². The average molecular weight is 465 g/mol. The molecule has 14 heteroatoms. The number of hydrogen-bond acceptors (Lipinski definition) is 9. The van der Waals surface area contributed by atoms with Gasteiger partial charge in [0.25, 0.3) is 0 Å². The topological polar surface area (TPSA) is 240 Å². The van der Waals surface area contributed by atoms with Crippen molar-refractivity contribution in [2.45, 2.75) is 62.9 Å². The van der Waals surface area contributed by atoms with Gasteiger partial charge in [-0.3, -0.25) is 19.2 Å². The molecule has 0 aliphatic heterocycles. The highest BCUT2D eigenvalue weighted by Crippen LogP contribution is 2.03. The zero-order valence-corrected chi connectivity index (χ0v) is 18.1. The van der Waals surface area contributed by atoms with Gasteiger partial charge in [-0.15, -0.1) is 0 Å². The Hall–Kier alpha value is -2.42. The number of rotatable bonds is 15. The van der Waals surface area contributed by atoms with E-state index in [1.165, 1.54) is 6.92 Å². The number of carbonyl (C=O) groups excluding carboxylic acids is 4. The van der Waals surface area contributed by atoms with Crippen LogP contribution in [0.15, 0.2) is 0 Å². The Morgan fingerprint density at radius 2 is 1.55 bits per heavy atom. The lowest BCUT2D eigenvalue weighted by atomic mass is 10.1. The summed E-state index contributed by atoms with van der Waals surface area (Å²) >= 11 is 3.99. The zero-order valence-electron chi connectivity index (χ0n) is 17.2. The van der Waals surface area contributed by atoms with E-state index in [0.29, 0.717) is 19.4 Å². The maximum Gasteiger partial charge on any atom is 0.326 e. The molecule has 11 N–H and O–H groups in total. The summed E-state index contributed by atoms with van der Waals surface area (Å²) in [5, 5.41) is 25.9. The Morgan fingerprint density at radius 3 is 2.00 bits per heavy atom. The van der Waals surface area contributed by atoms with E-state index in [0.717, 1.165) is 0 Å². The minimum Gasteiger partial charge on any atom is -0.480 e. The molecule has 0 spiro atoms. The molecular formula is C17H32N6O7S. The highest BCUT2D eigenvalue weighted by Gasteiger charge is 2.32. The summed E-state index contributed by atoms with van der Waals surface area (Å²) < 4.78 is 0. The van der Waals surface area contributed by atoms with E-state index in [1.54, 1.807) is 0 Å². The van der Waals surface area contributed by atoms with Gasteiger partial charge in [0, 0.05) is 5.75 Å². The maximum absolute atomic E-state index is 12.5. The number of primary amides is 1. The van der Waals surface area contributed by atoms with Crippen molar-refractivity contribution in [1.29, 1.82) is 0 Å². The molecule has 5 atom stereocenters. The van der Waals surface area contributed by atoms with E-state index in [9.17, 15) is 34.2 Å². The van der Waals surface area contributed by atoms with E-state index < -0.39 is 66.3 Å². The first kappa shape index (κ1) is 28.6. The van der Waals surface area contributed by atoms with Gasteiger partial charge in [-0.2, -0.15) is 12.6 Å². The fourth-order valence-corrected chi connectivity index (χ4v) is 2.71. The van der Waals surface area contributed by atoms with Crippen LogP contribution >= 0.6 is 12.6 Å². The smallest absolute Gasteiger partial charge is 0.326 e. The third-order valence-electron chi connectivity index (χ3n) is 4.20. The zero-order chi connectivity index (χ0) is 24.1. The van der Waals surface area contributed by atoms with Gasteiger partial charge >= 0.3 is 5.97 Å². The summed E-state index contributed by atoms with van der Waals surface area (Å²) in [7, 11) is 0. The molecule has 0 saturated heterocycles. The Bertz CT molecular complexity index is 648. The van der Waals surface area contributed by atoms with Gasteiger partial charge in [0.15, 0.2) is 0 Å². The molecule has 5 unspecified atom stereocenters. The molecule has 0 fully saturated rings. The first-order valence-electron chi connectivity index (χ1n) is 9.61. The number of aliphatic hydroxyl groups is 1. The third-order valence-corrected chi connectivity index (χ3v) is 4.56. The number of aliphatic hydroxyl groups excluding tert-OH is 1. The van der Waals surface area contributed by atoms with Gasteiger partial charge in [-0.05, 0) is 32.7 Å². The number of aliphatic carboxylic acids is 1. The van der Waals surface area contributed by atoms with E-state index in [1.807, 2.05) is 0 Å². The number of nitrogens with two attached hydrogens (primary N) is 3. The van der Waals surface area contributed by atoms with Crippen LogP contribution in [0.2, 0.25) is 0 Å². The number of amides is 4. The van der Waals surface area contributed by atoms with Crippen LogP contribution in [0.1, 0.15) is 32.6 Å². The second-order valence-electron chi connectivity index (χ2n) is 6.93. The summed E-state index contributed by atoms with van der Waals surface area (Å²) in [5.41, 5.74) is 15.9. The van der Waals surface area contributed by atoms with Crippen LogP contribution in [-0.4, -0.2) is 82.4 Å². The number of carbonyl (C=O) groups is 5. The molecule has 4 amide bonds. The van der Waals surface area contributed by atoms with Gasteiger partial charge in [0.1, 0.15) is 18.1 Å². The van der Waals surface area contributed by atoms with Crippen molar-refractivity contribution >= 4 is 42.2 Å². The molecule has 0 aliphatic rings. The Balaban J connectivity index is 5.11. The van der Waals surface area contributed by atoms with Crippen molar-refractivity contribution in [2.24, 2.45) is 17.2 Å². The monoisotopic (exact) mass is 464 g/mol. The lowest BCUT2D eigenvalue weighted by Crippen LogP contribution is -2.60. The highest BCUT2D eigenvalue weighted by atomic mass is 32.1. The molecule has 0 aromatic carbocycles. The Labute approximate surface area is 185 Å². The minimum absolute atomic E-state index is 0.148. The van der Waals surface area contributed by atoms with E-state index in [4.69, 9.17) is 17.2 Å². The van der Waals surface area contributed by atoms with Gasteiger partial charge in [0.05, 0.1) is 18.6 Å². The fourth-order valence-electron chi connectivity index (χ4n) is 2.45. The van der Waals surface area contributed by atoms with E-state index >= 15 is 0 Å². The summed E-state index contributed by atoms with van der Waals surface area (Å²) in [5.74, 6) is -4.89. The first-order chi connectivity index (χ1) is 14.4. The Morgan fingerprint density at radius 1 is 0.968 bits per heavy atom. The minimum atomic E-state index is -1.50. The van der Waals surface area contributed by atoms with E-state index in [-0.39, 0.29) is 12.2 Å². The second-order valence-corrected chi connectivity index (χ2v) is 7.30. The standard InChI is InChI=1S/C17H32N6O7S/c1-8(24)13(23-14(26)9(19)6-12(20)25)16(28)22-11(7-31)15(27)21-10(17(29)30)4-2-3-5-18/h8-11,13,24,31H,2-7,18-19H2,1H3,(H2,20,25)(H,21,27)(H,22,28)(H,23,26)(H,29,30). The van der Waals surface area contributed by atoms with Crippen LogP contribution in [0, 0.1) is 0 Å². The molecule has 31 heavy (non-hydrogen) atoms. The second kappa shape index (κ2) is 14.6. The molecule has 0 radical (unpaired) electrons. The molecule has 178 valence electrons. The maximum atomic E-state index is 12.5. The molecule has 0 heterocycles. The molecular weight excluding hydrogens is 432 g/mol. The molecule has 0 saturated carbocycles. The van der Waals surface area contributed by atoms with Crippen molar-refractivity contribution in [3.8, 4) is 0 Å². The lowest BCUT2D eigenvalue weighted by molar-refractivity contribution is -0.142. The van der Waals surface area contributed by atoms with Crippen LogP contribution in [0.3, 0.4) is 0 Å². The molecule has 0 rings (SSSR count). The fraction of sp³-hybridized carbons (Fsp3) is 0.706. The van der Waals surface area contributed by atoms with Crippen LogP contribution in [0.4, 0.5) is 0 Å². The summed E-state index contributed by atoms with van der Waals surface area (Å²) in [6.45, 7) is 1.60. The van der Waals surface area contributed by atoms with Gasteiger partial charge < -0.3 is 43.4 Å². The Kier molecular flexibility index (Phi) is 13.4. The van der Waals surface area contributed by atoms with Gasteiger partial charge in [-0.1, -0.05) is 0 Å². The number of carboxylic acids is 1. The number of thiol groups is 1. The third kappa shape index (κ3) is 11.0. The van der Waals surface area contributed by atoms with Gasteiger partial charge in [-0.25, -0.2) is 4.79 Å². The highest BCUT2D eigenvalue weighted by molar-refractivity contribution is 7.80. The number of nitrogens with one attached hydrogen (secondary N) is 3. The molecule has 13 nitrogen and oxygen atoms in total. The van der Waals surface area contributed by atoms with Crippen molar-refractivity contribution in [2.75, 3.05) is 12.3 Å². The van der Waals surface area contributed by atoms with Crippen molar-refractivity contribution in [3.63, 3.8) is 0 Å². The largest absolute Gasteiger partial charge is 0.480 e. The summed E-state index contributed by atoms with van der Waals surface area (Å²) in [6.07, 6.45) is -0.637. The number of unbranched alkanes of at least 4 members (excludes halogenated alkanes) is 1. The summed E-state index contributed by atoms with van der Waals surface area (Å²) in [4.78, 5) is 59.2. The lowest BCUT2D eigenvalue weighted by Gasteiger charge is -2.25. The van der Waals surface area contributed by atoms with Crippen molar-refractivity contribution in [1.82, 2.24) is 16.0 Å². The van der Waals surface area contributed by atoms with Crippen LogP contribution in [-0.2, 0) is 24.0 Å². The summed E-state index contributed by atoms with van der Waals surface area (Å²) in [6, 6.07) is -5.26. The number of hydrogen-bond donors (Lipinski definition) is 9. The first-order valence-corrected chi connectivity index (χ1v) is 10.2. The quantitative estimate of drug-likeness (QED) is 0.0850. The predicted octanol–water partition coefficient (Wildman–Crippen LogP) is -3.83. The molecule has 0 bridgehead atoms. The van der Waals surface area contributed by atoms with Crippen LogP contribution in [0.25, 0.3) is 0 Å². The normalized spacial score (nSPS) is 15.6. The molecule has 0 aromatic heterocycles. The average Bonchev–Trinajstić information content (AvgIpc) is 2.67. The van der Waals surface area contributed by atoms with Crippen molar-refractivity contribution < 1.29 is 34.2 Å². The van der Waals surface area contributed by atoms with Crippen LogP contribution in [0.5, 0.6) is 0 Å². The van der Waals surface area contributed by atoms with E-state index in [2.05, 4.69) is 28.6 Å². The van der Waals surface area contributed by atoms with Crippen LogP contribution < -0.4 is 33.2 Å². The SMILES string of the molecule is CC(O)C(NC(=O)C(N)CC(N)=O)C(=O)NC(CS)C(=O)NC(CCCCN)C(=O)O. The molecule has 0 aliphatic carbocycles.